The van der Waals surface area contributed by atoms with E-state index in [2.05, 4.69) is 15.4 Å². The van der Waals surface area contributed by atoms with E-state index in [0.717, 1.165) is 0 Å². The van der Waals surface area contributed by atoms with Crippen LogP contribution in [0.25, 0.3) is 0 Å². The number of nitrogens with zero attached hydrogens (tertiary/aromatic N) is 2. The van der Waals surface area contributed by atoms with Crippen molar-refractivity contribution in [3.8, 4) is 0 Å². The number of nitrogens with one attached hydrogen (secondary N) is 1. The molecule has 1 aliphatic rings. The van der Waals surface area contributed by atoms with Gasteiger partial charge in [0.15, 0.2) is 0 Å². The predicted octanol–water partition coefficient (Wildman–Crippen LogP) is -2.50. The molecule has 1 aliphatic carbocycles. The molecule has 0 unspecified atom stereocenters. The first-order chi connectivity index (χ1) is 5.52. The second-order valence-corrected chi connectivity index (χ2v) is 3.22. The summed E-state index contributed by atoms with van der Waals surface area (Å²) in [6.07, 6.45) is 0.703. The van der Waals surface area contributed by atoms with Crippen molar-refractivity contribution in [1.29, 1.82) is 0 Å². The van der Waals surface area contributed by atoms with Crippen LogP contribution in [0, 0.1) is 0 Å². The van der Waals surface area contributed by atoms with Gasteiger partial charge in [-0.25, -0.2) is 8.78 Å². The Morgan fingerprint density at radius 1 is 1.54 bits per heavy atom. The number of nitrogens with two attached hydrogens (primary N) is 1. The summed E-state index contributed by atoms with van der Waals surface area (Å²) in [5, 5.41) is 9.54. The van der Waals surface area contributed by atoms with Crippen LogP contribution >= 0.6 is 0 Å². The van der Waals surface area contributed by atoms with Gasteiger partial charge in [-0.1, -0.05) is 0 Å². The molecule has 0 atom stereocenters. The Morgan fingerprint density at radius 2 is 2.15 bits per heavy atom. The summed E-state index contributed by atoms with van der Waals surface area (Å²) in [5.74, 6) is -2.63. The van der Waals surface area contributed by atoms with E-state index in [1.54, 1.807) is 0 Å². The summed E-state index contributed by atoms with van der Waals surface area (Å²) in [6.45, 7) is 0. The lowest BCUT2D eigenvalue weighted by Crippen LogP contribution is -3.00. The highest BCUT2D eigenvalue weighted by Gasteiger charge is 2.56. The van der Waals surface area contributed by atoms with Gasteiger partial charge in [-0.15, -0.1) is 0 Å². The normalized spacial score (nSPS) is 23.0. The standard InChI is InChI=1S/C6H8F2N4.ClH/c7-6(8)2-5(9,3-6)4-1-10-12-11-4;/h1H,2-3,9H2,(H,10,11,12);1H. The largest absolute Gasteiger partial charge is 1.00 e. The van der Waals surface area contributed by atoms with Crippen molar-refractivity contribution in [3.05, 3.63) is 11.9 Å². The second-order valence-electron chi connectivity index (χ2n) is 3.22. The van der Waals surface area contributed by atoms with E-state index >= 15 is 0 Å². The first-order valence-electron chi connectivity index (χ1n) is 3.55. The van der Waals surface area contributed by atoms with Crippen molar-refractivity contribution in [3.63, 3.8) is 0 Å². The zero-order valence-electron chi connectivity index (χ0n) is 7.60. The highest BCUT2D eigenvalue weighted by Crippen LogP contribution is 2.48. The van der Waals surface area contributed by atoms with Crippen molar-refractivity contribution < 1.29 is 22.6 Å². The molecule has 1 heterocycles. The van der Waals surface area contributed by atoms with Gasteiger partial charge < -0.3 is 18.1 Å². The highest BCUT2D eigenvalue weighted by atomic mass is 35.5. The molecule has 0 aliphatic heterocycles. The van der Waals surface area contributed by atoms with Gasteiger partial charge in [0.1, 0.15) is 5.69 Å². The number of hydrogen-bond donors (Lipinski definition) is 2. The van der Waals surface area contributed by atoms with E-state index in [4.69, 9.17) is 5.73 Å². The van der Waals surface area contributed by atoms with E-state index in [9.17, 15) is 8.78 Å². The number of aromatic amines is 1. The Labute approximate surface area is 80.8 Å². The second kappa shape index (κ2) is 2.88. The van der Waals surface area contributed by atoms with Crippen LogP contribution in [-0.2, 0) is 5.54 Å². The third-order valence-corrected chi connectivity index (χ3v) is 2.07. The molecule has 1 aromatic heterocycles. The summed E-state index contributed by atoms with van der Waals surface area (Å²) in [5.41, 5.74) is 5.08. The number of aromatic nitrogens is 3. The van der Waals surface area contributed by atoms with Gasteiger partial charge in [-0.05, 0) is 0 Å². The summed E-state index contributed by atoms with van der Waals surface area (Å²) in [7, 11) is 0. The minimum Gasteiger partial charge on any atom is -1.00 e. The third kappa shape index (κ3) is 1.64. The SMILES string of the molecule is NC1(c2cn[nH]n2)CC(F)(F)C1.[Cl-].[H+]. The molecule has 0 radical (unpaired) electrons. The number of alkyl halides is 2. The lowest BCUT2D eigenvalue weighted by molar-refractivity contribution is -0.126. The minimum absolute atomic E-state index is 0. The fourth-order valence-electron chi connectivity index (χ4n) is 1.49. The summed E-state index contributed by atoms with van der Waals surface area (Å²) >= 11 is 0. The average molecular weight is 211 g/mol. The lowest BCUT2D eigenvalue weighted by atomic mass is 9.72. The zero-order valence-corrected chi connectivity index (χ0v) is 7.35. The summed E-state index contributed by atoms with van der Waals surface area (Å²) in [4.78, 5) is 0. The van der Waals surface area contributed by atoms with E-state index in [0.29, 0.717) is 5.69 Å². The first-order valence-corrected chi connectivity index (χ1v) is 3.55. The summed E-state index contributed by atoms with van der Waals surface area (Å²) in [6, 6.07) is 0. The van der Waals surface area contributed by atoms with Gasteiger partial charge in [0, 0.05) is 12.8 Å². The molecule has 0 aromatic carbocycles. The van der Waals surface area contributed by atoms with Gasteiger partial charge in [0.25, 0.3) is 5.92 Å². The molecule has 0 spiro atoms. The van der Waals surface area contributed by atoms with E-state index in [-0.39, 0.29) is 26.7 Å². The molecular formula is C6H9ClF2N4. The molecule has 2 rings (SSSR count). The molecule has 13 heavy (non-hydrogen) atoms. The van der Waals surface area contributed by atoms with Crippen molar-refractivity contribution in [2.24, 2.45) is 5.73 Å². The van der Waals surface area contributed by atoms with Gasteiger partial charge in [-0.3, -0.25) is 0 Å². The zero-order chi connectivity index (χ0) is 8.82. The maximum absolute atomic E-state index is 12.5. The highest BCUT2D eigenvalue weighted by molar-refractivity contribution is 5.17. The number of halogens is 3. The number of rotatable bonds is 1. The van der Waals surface area contributed by atoms with Crippen molar-refractivity contribution >= 4 is 0 Å². The molecule has 1 saturated carbocycles. The Hall–Kier alpha value is -0.750. The quantitative estimate of drug-likeness (QED) is 0.539. The molecule has 1 fully saturated rings. The molecule has 3 N–H and O–H groups in total. The molecular weight excluding hydrogens is 202 g/mol. The van der Waals surface area contributed by atoms with Gasteiger partial charge in [-0.2, -0.15) is 15.4 Å². The van der Waals surface area contributed by atoms with Crippen LogP contribution in [0.4, 0.5) is 8.78 Å². The van der Waals surface area contributed by atoms with Crippen LogP contribution in [0.3, 0.4) is 0 Å². The van der Waals surface area contributed by atoms with E-state index in [1.807, 2.05) is 0 Å². The van der Waals surface area contributed by atoms with E-state index in [1.165, 1.54) is 6.20 Å². The van der Waals surface area contributed by atoms with Gasteiger partial charge >= 0.3 is 1.43 Å². The van der Waals surface area contributed by atoms with Crippen LogP contribution in [0.5, 0.6) is 0 Å². The fourth-order valence-corrected chi connectivity index (χ4v) is 1.49. The predicted molar refractivity (Wildman–Crippen MR) is 37.5 cm³/mol. The van der Waals surface area contributed by atoms with Crippen molar-refractivity contribution in [1.82, 2.24) is 15.4 Å². The lowest BCUT2D eigenvalue weighted by Gasteiger charge is -2.42. The van der Waals surface area contributed by atoms with Crippen LogP contribution in [0.15, 0.2) is 6.20 Å². The Bertz CT molecular complexity index is 284. The van der Waals surface area contributed by atoms with Crippen LogP contribution in [0.1, 0.15) is 20.0 Å². The van der Waals surface area contributed by atoms with Gasteiger partial charge in [0.2, 0.25) is 0 Å². The Morgan fingerprint density at radius 3 is 2.54 bits per heavy atom. The molecule has 0 bridgehead atoms. The molecule has 74 valence electrons. The molecule has 4 nitrogen and oxygen atoms in total. The van der Waals surface area contributed by atoms with Crippen LogP contribution in [-0.4, -0.2) is 21.3 Å². The first kappa shape index (κ1) is 10.3. The van der Waals surface area contributed by atoms with Crippen molar-refractivity contribution in [2.75, 3.05) is 0 Å². The summed E-state index contributed by atoms with van der Waals surface area (Å²) < 4.78 is 25.0. The maximum Gasteiger partial charge on any atom is 1.00 e. The minimum atomic E-state index is -2.63. The number of H-pyrrole nitrogens is 1. The van der Waals surface area contributed by atoms with Crippen LogP contribution < -0.4 is 18.1 Å². The molecule has 1 aromatic rings. The van der Waals surface area contributed by atoms with Crippen LogP contribution in [0.2, 0.25) is 0 Å². The molecule has 7 heteroatoms. The average Bonchev–Trinajstić information content (AvgIpc) is 2.31. The van der Waals surface area contributed by atoms with Crippen molar-refractivity contribution in [2.45, 2.75) is 24.3 Å². The fraction of sp³-hybridized carbons (Fsp3) is 0.667. The third-order valence-electron chi connectivity index (χ3n) is 2.07. The topological polar surface area (TPSA) is 67.6 Å². The number of hydrogen-bond acceptors (Lipinski definition) is 3. The molecule has 0 amide bonds. The molecule has 0 saturated heterocycles. The monoisotopic (exact) mass is 210 g/mol. The maximum atomic E-state index is 12.5. The van der Waals surface area contributed by atoms with Gasteiger partial charge in [0.05, 0.1) is 11.7 Å². The Kier molecular flexibility index (Phi) is 2.29. The Balaban J connectivity index is 0.000000845. The van der Waals surface area contributed by atoms with E-state index < -0.39 is 11.5 Å². The smallest absolute Gasteiger partial charge is 1.00 e.